The van der Waals surface area contributed by atoms with Crippen molar-refractivity contribution in [3.63, 3.8) is 0 Å². The fourth-order valence-corrected chi connectivity index (χ4v) is 3.45. The Bertz CT molecular complexity index is 273. The first kappa shape index (κ1) is 23.6. The Morgan fingerprint density at radius 2 is 1.81 bits per heavy atom. The number of nitrogens with zero attached hydrogens (tertiary/aromatic N) is 1. The lowest BCUT2D eigenvalue weighted by Gasteiger charge is -2.28. The molecule has 1 aliphatic rings. The second kappa shape index (κ2) is 12.8. The molecule has 0 heterocycles. The van der Waals surface area contributed by atoms with Crippen LogP contribution in [0.5, 0.6) is 0 Å². The van der Waals surface area contributed by atoms with E-state index in [0.29, 0.717) is 12.3 Å². The zero-order valence-electron chi connectivity index (χ0n) is 13.2. The lowest BCUT2D eigenvalue weighted by atomic mass is 9.98. The minimum atomic E-state index is -0.101. The van der Waals surface area contributed by atoms with E-state index in [0.717, 1.165) is 38.2 Å². The normalized spacial score (nSPS) is 16.2. The second-order valence-electron chi connectivity index (χ2n) is 5.32. The Hall–Kier alpha value is 0.320. The van der Waals surface area contributed by atoms with Gasteiger partial charge in [-0.1, -0.05) is 26.7 Å². The van der Waals surface area contributed by atoms with Crippen LogP contribution in [0.15, 0.2) is 0 Å². The molecule has 0 radical (unpaired) electrons. The average molecular weight is 360 g/mol. The SMILES string of the molecule is CCN(CC)CCSCC(=O)NC1(CN)CCCC1.Cl.Cl. The molecule has 21 heavy (non-hydrogen) atoms. The zero-order valence-corrected chi connectivity index (χ0v) is 15.7. The highest BCUT2D eigenvalue weighted by molar-refractivity contribution is 7.99. The largest absolute Gasteiger partial charge is 0.349 e. The van der Waals surface area contributed by atoms with Gasteiger partial charge in [0.15, 0.2) is 0 Å². The first-order chi connectivity index (χ1) is 9.15. The topological polar surface area (TPSA) is 58.4 Å². The fourth-order valence-electron chi connectivity index (χ4n) is 2.66. The minimum Gasteiger partial charge on any atom is -0.349 e. The summed E-state index contributed by atoms with van der Waals surface area (Å²) in [5.41, 5.74) is 5.72. The average Bonchev–Trinajstić information content (AvgIpc) is 2.88. The Kier molecular flexibility index (Phi) is 14.4. The van der Waals surface area contributed by atoms with E-state index < -0.39 is 0 Å². The van der Waals surface area contributed by atoms with Gasteiger partial charge in [-0.2, -0.15) is 11.8 Å². The van der Waals surface area contributed by atoms with E-state index in [4.69, 9.17) is 5.73 Å². The number of nitrogens with two attached hydrogens (primary N) is 1. The first-order valence-electron chi connectivity index (χ1n) is 7.47. The summed E-state index contributed by atoms with van der Waals surface area (Å²) in [4.78, 5) is 14.3. The molecular weight excluding hydrogens is 329 g/mol. The molecule has 1 rings (SSSR count). The van der Waals surface area contributed by atoms with Gasteiger partial charge in [-0.3, -0.25) is 4.79 Å². The summed E-state index contributed by atoms with van der Waals surface area (Å²) in [7, 11) is 0. The van der Waals surface area contributed by atoms with E-state index in [9.17, 15) is 4.79 Å². The van der Waals surface area contributed by atoms with E-state index >= 15 is 0 Å². The van der Waals surface area contributed by atoms with Gasteiger partial charge in [0.2, 0.25) is 5.91 Å². The molecule has 0 aromatic carbocycles. The summed E-state index contributed by atoms with van der Waals surface area (Å²) in [6.07, 6.45) is 4.46. The smallest absolute Gasteiger partial charge is 0.230 e. The Morgan fingerprint density at radius 3 is 2.29 bits per heavy atom. The quantitative estimate of drug-likeness (QED) is 0.620. The summed E-state index contributed by atoms with van der Waals surface area (Å²) >= 11 is 1.72. The minimum absolute atomic E-state index is 0. The van der Waals surface area contributed by atoms with Crippen molar-refractivity contribution in [3.8, 4) is 0 Å². The van der Waals surface area contributed by atoms with Crippen LogP contribution in [0, 0.1) is 0 Å². The molecule has 0 saturated heterocycles. The highest BCUT2D eigenvalue weighted by Gasteiger charge is 2.33. The van der Waals surface area contributed by atoms with E-state index in [-0.39, 0.29) is 36.3 Å². The molecule has 0 atom stereocenters. The van der Waals surface area contributed by atoms with Crippen molar-refractivity contribution < 1.29 is 4.79 Å². The zero-order chi connectivity index (χ0) is 14.1. The van der Waals surface area contributed by atoms with Gasteiger partial charge in [0.25, 0.3) is 0 Å². The standard InChI is InChI=1S/C14H29N3OS.2ClH/c1-3-17(4-2)9-10-19-11-13(18)16-14(12-15)7-5-6-8-14;;/h3-12,15H2,1-2H3,(H,16,18);2*1H. The van der Waals surface area contributed by atoms with Gasteiger partial charge in [-0.25, -0.2) is 0 Å². The Morgan fingerprint density at radius 1 is 1.24 bits per heavy atom. The monoisotopic (exact) mass is 359 g/mol. The van der Waals surface area contributed by atoms with Gasteiger partial charge in [0.1, 0.15) is 0 Å². The van der Waals surface area contributed by atoms with Gasteiger partial charge in [0, 0.05) is 18.8 Å². The Labute approximate surface area is 146 Å². The number of carbonyl (C=O) groups excluding carboxylic acids is 1. The van der Waals surface area contributed by atoms with Gasteiger partial charge < -0.3 is 16.0 Å². The molecule has 0 bridgehead atoms. The van der Waals surface area contributed by atoms with E-state index in [1.807, 2.05) is 0 Å². The third-order valence-electron chi connectivity index (χ3n) is 4.04. The third kappa shape index (κ3) is 8.50. The van der Waals surface area contributed by atoms with E-state index in [2.05, 4.69) is 24.1 Å². The summed E-state index contributed by atoms with van der Waals surface area (Å²) in [5, 5.41) is 3.16. The summed E-state index contributed by atoms with van der Waals surface area (Å²) in [5.74, 6) is 1.73. The van der Waals surface area contributed by atoms with Crippen LogP contribution in [0.2, 0.25) is 0 Å². The van der Waals surface area contributed by atoms with Crippen LogP contribution in [0.3, 0.4) is 0 Å². The van der Waals surface area contributed by atoms with Gasteiger partial charge >= 0.3 is 0 Å². The van der Waals surface area contributed by atoms with E-state index in [1.54, 1.807) is 11.8 Å². The van der Waals surface area contributed by atoms with Crippen LogP contribution >= 0.6 is 36.6 Å². The predicted molar refractivity (Wildman–Crippen MR) is 98.0 cm³/mol. The molecule has 7 heteroatoms. The molecular formula is C14H31Cl2N3OS. The molecule has 128 valence electrons. The number of hydrogen-bond donors (Lipinski definition) is 2. The number of carbonyl (C=O) groups is 1. The summed E-state index contributed by atoms with van der Waals surface area (Å²) in [6, 6.07) is 0. The lowest BCUT2D eigenvalue weighted by Crippen LogP contribution is -2.52. The van der Waals surface area contributed by atoms with Crippen molar-refractivity contribution >= 4 is 42.5 Å². The van der Waals surface area contributed by atoms with Crippen molar-refractivity contribution in [2.75, 3.05) is 37.7 Å². The van der Waals surface area contributed by atoms with Crippen molar-refractivity contribution in [2.45, 2.75) is 45.1 Å². The molecule has 0 spiro atoms. The molecule has 3 N–H and O–H groups in total. The van der Waals surface area contributed by atoms with Crippen molar-refractivity contribution in [1.29, 1.82) is 0 Å². The van der Waals surface area contributed by atoms with Gasteiger partial charge in [0.05, 0.1) is 11.3 Å². The molecule has 0 unspecified atom stereocenters. The molecule has 0 aromatic heterocycles. The molecule has 1 fully saturated rings. The maximum Gasteiger partial charge on any atom is 0.230 e. The number of nitrogens with one attached hydrogen (secondary N) is 1. The van der Waals surface area contributed by atoms with Crippen LogP contribution in [-0.2, 0) is 4.79 Å². The predicted octanol–water partition coefficient (Wildman–Crippen LogP) is 2.29. The third-order valence-corrected chi connectivity index (χ3v) is 4.97. The highest BCUT2D eigenvalue weighted by Crippen LogP contribution is 2.28. The van der Waals surface area contributed by atoms with Gasteiger partial charge in [-0.15, -0.1) is 24.8 Å². The molecule has 0 aliphatic heterocycles. The number of rotatable bonds is 9. The van der Waals surface area contributed by atoms with Crippen molar-refractivity contribution in [3.05, 3.63) is 0 Å². The van der Waals surface area contributed by atoms with Crippen molar-refractivity contribution in [1.82, 2.24) is 10.2 Å². The summed E-state index contributed by atoms with van der Waals surface area (Å²) < 4.78 is 0. The number of hydrogen-bond acceptors (Lipinski definition) is 4. The number of thioether (sulfide) groups is 1. The van der Waals surface area contributed by atoms with Gasteiger partial charge in [-0.05, 0) is 25.9 Å². The summed E-state index contributed by atoms with van der Waals surface area (Å²) in [6.45, 7) is 8.15. The molecule has 4 nitrogen and oxygen atoms in total. The van der Waals surface area contributed by atoms with Crippen LogP contribution in [0.25, 0.3) is 0 Å². The molecule has 1 saturated carbocycles. The van der Waals surface area contributed by atoms with Crippen LogP contribution in [-0.4, -0.2) is 54.0 Å². The fraction of sp³-hybridized carbons (Fsp3) is 0.929. The maximum atomic E-state index is 11.9. The second-order valence-corrected chi connectivity index (χ2v) is 6.42. The lowest BCUT2D eigenvalue weighted by molar-refractivity contribution is -0.120. The number of halogens is 2. The molecule has 0 aromatic rings. The maximum absolute atomic E-state index is 11.9. The van der Waals surface area contributed by atoms with Crippen LogP contribution < -0.4 is 11.1 Å². The number of amides is 1. The highest BCUT2D eigenvalue weighted by atomic mass is 35.5. The Balaban J connectivity index is 0. The molecule has 1 amide bonds. The molecule has 1 aliphatic carbocycles. The van der Waals surface area contributed by atoms with E-state index in [1.165, 1.54) is 12.8 Å². The van der Waals surface area contributed by atoms with Crippen molar-refractivity contribution in [2.24, 2.45) is 5.73 Å². The van der Waals surface area contributed by atoms with Crippen LogP contribution in [0.4, 0.5) is 0 Å². The first-order valence-corrected chi connectivity index (χ1v) is 8.62. The van der Waals surface area contributed by atoms with Crippen LogP contribution in [0.1, 0.15) is 39.5 Å².